The van der Waals surface area contributed by atoms with Crippen molar-refractivity contribution in [1.29, 1.82) is 0 Å². The Morgan fingerprint density at radius 1 is 0.750 bits per heavy atom. The van der Waals surface area contributed by atoms with E-state index in [1.807, 2.05) is 6.92 Å². The molecule has 0 aliphatic heterocycles. The number of hydrogen-bond donors (Lipinski definition) is 0. The second-order valence-corrected chi connectivity index (χ2v) is 14.3. The predicted octanol–water partition coefficient (Wildman–Crippen LogP) is 9.07. The van der Waals surface area contributed by atoms with Crippen LogP contribution < -0.4 is 0 Å². The Labute approximate surface area is 222 Å². The Kier molecular flexibility index (Phi) is 8.98. The van der Waals surface area contributed by atoms with Gasteiger partial charge < -0.3 is 4.74 Å². The van der Waals surface area contributed by atoms with Crippen molar-refractivity contribution in [2.24, 2.45) is 40.4 Å². The van der Waals surface area contributed by atoms with Crippen LogP contribution in [0.5, 0.6) is 0 Å². The van der Waals surface area contributed by atoms with Crippen LogP contribution in [0.15, 0.2) is 0 Å². The monoisotopic (exact) mass is 500 g/mol. The largest absolute Gasteiger partial charge is 0.459 e. The molecule has 0 bridgehead atoms. The Bertz CT molecular complexity index is 775. The third-order valence-electron chi connectivity index (χ3n) is 12.0. The molecule has 4 saturated carbocycles. The molecule has 0 radical (unpaired) electrons. The molecule has 0 heterocycles. The van der Waals surface area contributed by atoms with Gasteiger partial charge in [0, 0.05) is 12.3 Å². The van der Waals surface area contributed by atoms with Gasteiger partial charge in [0.15, 0.2) is 0 Å². The molecule has 4 aliphatic carbocycles. The molecule has 206 valence electrons. The van der Waals surface area contributed by atoms with Crippen LogP contribution in [0.4, 0.5) is 0 Å². The molecule has 0 aromatic heterocycles. The van der Waals surface area contributed by atoms with E-state index in [9.17, 15) is 9.59 Å². The normalized spacial score (nSPS) is 41.8. The molecule has 3 heteroatoms. The molecule has 4 fully saturated rings. The summed E-state index contributed by atoms with van der Waals surface area (Å²) in [6.45, 7) is 11.3. The van der Waals surface area contributed by atoms with E-state index in [0.29, 0.717) is 29.5 Å². The summed E-state index contributed by atoms with van der Waals surface area (Å²) in [6.07, 6.45) is 21.4. The van der Waals surface area contributed by atoms with Crippen molar-refractivity contribution in [1.82, 2.24) is 0 Å². The van der Waals surface area contributed by atoms with Gasteiger partial charge in [-0.25, -0.2) is 0 Å². The zero-order valence-electron chi connectivity index (χ0n) is 24.3. The number of rotatable bonds is 11. The Hall–Kier alpha value is -0.860. The summed E-state index contributed by atoms with van der Waals surface area (Å²) in [5.41, 5.74) is 0.344. The second-order valence-electron chi connectivity index (χ2n) is 14.3. The SMILES string of the molecule is CCCCCCCCCCC(=O)O[C@]1(C)CC[C@@]2(C)[C@@H](CC[C@@H]3[C@@H]2CC[C@]2(C)[C@@H](C(C)=O)CC[C@@H]32)C1. The first-order valence-corrected chi connectivity index (χ1v) is 15.9. The second kappa shape index (κ2) is 11.5. The summed E-state index contributed by atoms with van der Waals surface area (Å²) < 4.78 is 6.22. The highest BCUT2D eigenvalue weighted by Crippen LogP contribution is 2.68. The van der Waals surface area contributed by atoms with Gasteiger partial charge in [0.2, 0.25) is 0 Å². The van der Waals surface area contributed by atoms with Crippen molar-refractivity contribution in [2.75, 3.05) is 0 Å². The average molecular weight is 501 g/mol. The van der Waals surface area contributed by atoms with E-state index >= 15 is 0 Å². The lowest BCUT2D eigenvalue weighted by atomic mass is 9.44. The zero-order valence-corrected chi connectivity index (χ0v) is 24.3. The number of hydrogen-bond acceptors (Lipinski definition) is 3. The van der Waals surface area contributed by atoms with Gasteiger partial charge >= 0.3 is 5.97 Å². The number of carbonyl (C=O) groups excluding carboxylic acids is 2. The maximum Gasteiger partial charge on any atom is 0.306 e. The summed E-state index contributed by atoms with van der Waals surface area (Å²) >= 11 is 0. The Morgan fingerprint density at radius 2 is 1.42 bits per heavy atom. The molecular weight excluding hydrogens is 444 g/mol. The summed E-state index contributed by atoms with van der Waals surface area (Å²) in [5, 5.41) is 0. The number of carbonyl (C=O) groups is 2. The fourth-order valence-electron chi connectivity index (χ4n) is 9.91. The highest BCUT2D eigenvalue weighted by atomic mass is 16.6. The molecule has 0 unspecified atom stereocenters. The van der Waals surface area contributed by atoms with Gasteiger partial charge in [0.05, 0.1) is 0 Å². The third kappa shape index (κ3) is 5.61. The molecule has 0 saturated heterocycles. The van der Waals surface area contributed by atoms with Gasteiger partial charge in [-0.2, -0.15) is 0 Å². The van der Waals surface area contributed by atoms with E-state index in [1.165, 1.54) is 77.0 Å². The first-order chi connectivity index (χ1) is 17.1. The smallest absolute Gasteiger partial charge is 0.306 e. The Balaban J connectivity index is 1.27. The van der Waals surface area contributed by atoms with E-state index in [1.54, 1.807) is 0 Å². The maximum atomic E-state index is 12.8. The van der Waals surface area contributed by atoms with Gasteiger partial charge in [-0.1, -0.05) is 65.7 Å². The number of ether oxygens (including phenoxy) is 1. The number of esters is 1. The van der Waals surface area contributed by atoms with Crippen LogP contribution in [0.25, 0.3) is 0 Å². The number of fused-ring (bicyclic) bond motifs is 5. The van der Waals surface area contributed by atoms with E-state index in [2.05, 4.69) is 27.7 Å². The van der Waals surface area contributed by atoms with Crippen LogP contribution in [-0.4, -0.2) is 17.4 Å². The van der Waals surface area contributed by atoms with E-state index in [0.717, 1.165) is 49.9 Å². The van der Waals surface area contributed by atoms with Crippen LogP contribution in [-0.2, 0) is 14.3 Å². The molecule has 0 spiro atoms. The lowest BCUT2D eigenvalue weighted by molar-refractivity contribution is -0.181. The van der Waals surface area contributed by atoms with E-state index in [-0.39, 0.29) is 17.0 Å². The maximum absolute atomic E-state index is 12.8. The molecule has 4 aliphatic rings. The summed E-state index contributed by atoms with van der Waals surface area (Å²) in [4.78, 5) is 25.2. The molecule has 0 aromatic rings. The topological polar surface area (TPSA) is 43.4 Å². The van der Waals surface area contributed by atoms with Gasteiger partial charge in [-0.3, -0.25) is 9.59 Å². The minimum atomic E-state index is -0.273. The molecule has 0 N–H and O–H groups in total. The highest BCUT2D eigenvalue weighted by molar-refractivity contribution is 5.79. The van der Waals surface area contributed by atoms with Crippen molar-refractivity contribution in [3.63, 3.8) is 0 Å². The molecule has 3 nitrogen and oxygen atoms in total. The van der Waals surface area contributed by atoms with Crippen molar-refractivity contribution < 1.29 is 14.3 Å². The Morgan fingerprint density at radius 3 is 2.11 bits per heavy atom. The van der Waals surface area contributed by atoms with Gasteiger partial charge in [-0.15, -0.1) is 0 Å². The van der Waals surface area contributed by atoms with Crippen molar-refractivity contribution in [2.45, 2.75) is 156 Å². The fraction of sp³-hybridized carbons (Fsp3) is 0.939. The van der Waals surface area contributed by atoms with Crippen LogP contribution in [0, 0.1) is 40.4 Å². The summed E-state index contributed by atoms with van der Waals surface area (Å²) in [5.74, 6) is 3.75. The van der Waals surface area contributed by atoms with Crippen molar-refractivity contribution in [3.8, 4) is 0 Å². The van der Waals surface area contributed by atoms with Gasteiger partial charge in [-0.05, 0) is 113 Å². The average Bonchev–Trinajstić information content (AvgIpc) is 3.19. The zero-order chi connectivity index (χ0) is 26.0. The minimum absolute atomic E-state index is 0.0374. The highest BCUT2D eigenvalue weighted by Gasteiger charge is 2.61. The van der Waals surface area contributed by atoms with Gasteiger partial charge in [0.25, 0.3) is 0 Å². The first kappa shape index (κ1) is 28.2. The van der Waals surface area contributed by atoms with Crippen molar-refractivity contribution >= 4 is 11.8 Å². The van der Waals surface area contributed by atoms with Crippen LogP contribution in [0.2, 0.25) is 0 Å². The van der Waals surface area contributed by atoms with Crippen molar-refractivity contribution in [3.05, 3.63) is 0 Å². The van der Waals surface area contributed by atoms with Crippen LogP contribution in [0.1, 0.15) is 150 Å². The number of Topliss-reactive ketones (excluding diaryl/α,β-unsaturated/α-hetero) is 1. The quantitative estimate of drug-likeness (QED) is 0.210. The third-order valence-corrected chi connectivity index (χ3v) is 12.0. The predicted molar refractivity (Wildman–Crippen MR) is 148 cm³/mol. The molecule has 0 amide bonds. The van der Waals surface area contributed by atoms with E-state index in [4.69, 9.17) is 4.74 Å². The number of ketones is 1. The molecule has 8 atom stereocenters. The molecule has 36 heavy (non-hydrogen) atoms. The van der Waals surface area contributed by atoms with Crippen LogP contribution >= 0.6 is 0 Å². The minimum Gasteiger partial charge on any atom is -0.459 e. The molecular formula is C33H56O3. The molecule has 0 aromatic carbocycles. The van der Waals surface area contributed by atoms with Gasteiger partial charge in [0.1, 0.15) is 11.4 Å². The number of unbranched alkanes of at least 4 members (excludes halogenated alkanes) is 7. The van der Waals surface area contributed by atoms with E-state index < -0.39 is 0 Å². The summed E-state index contributed by atoms with van der Waals surface area (Å²) in [7, 11) is 0. The fourth-order valence-corrected chi connectivity index (χ4v) is 9.91. The summed E-state index contributed by atoms with van der Waals surface area (Å²) in [6, 6.07) is 0. The lowest BCUT2D eigenvalue weighted by Gasteiger charge is -2.62. The molecule has 4 rings (SSSR count). The standard InChI is InChI=1S/C33H56O3/c1-6-7-8-9-10-11-12-13-14-30(35)36-31(3)21-22-32(4)25(23-31)15-16-26-28-18-17-27(24(2)34)33(28,5)20-19-29(26)32/h25-29H,6-23H2,1-5H3/t25-,26-,27+,28-,29-,31+,32-,33+/m0/s1. The lowest BCUT2D eigenvalue weighted by Crippen LogP contribution is -2.56. The van der Waals surface area contributed by atoms with Crippen LogP contribution in [0.3, 0.4) is 0 Å². The first-order valence-electron chi connectivity index (χ1n) is 15.9.